The van der Waals surface area contributed by atoms with Crippen LogP contribution >= 0.6 is 11.6 Å². The lowest BCUT2D eigenvalue weighted by Gasteiger charge is -1.95. The molecule has 0 aliphatic rings. The highest BCUT2D eigenvalue weighted by Crippen LogP contribution is 2.21. The average Bonchev–Trinajstić information content (AvgIpc) is 2.56. The molecule has 0 unspecified atom stereocenters. The SMILES string of the molecule is Clc1cccc(-c2[c]cco2)c1. The Kier molecular flexibility index (Phi) is 1.88. The summed E-state index contributed by atoms with van der Waals surface area (Å²) in [5.41, 5.74) is 0.951. The van der Waals surface area contributed by atoms with Gasteiger partial charge in [-0.1, -0.05) is 23.7 Å². The molecule has 0 aliphatic carbocycles. The maximum absolute atomic E-state index is 5.81. The van der Waals surface area contributed by atoms with E-state index >= 15 is 0 Å². The maximum Gasteiger partial charge on any atom is 0.141 e. The van der Waals surface area contributed by atoms with Gasteiger partial charge >= 0.3 is 0 Å². The highest BCUT2D eigenvalue weighted by Gasteiger charge is 1.99. The molecule has 1 radical (unpaired) electrons. The van der Waals surface area contributed by atoms with Crippen molar-refractivity contribution in [3.05, 3.63) is 47.7 Å². The molecule has 1 aromatic heterocycles. The van der Waals surface area contributed by atoms with Gasteiger partial charge in [-0.3, -0.25) is 0 Å². The van der Waals surface area contributed by atoms with Crippen molar-refractivity contribution < 1.29 is 4.42 Å². The molecular formula is C10H6ClO. The Morgan fingerprint density at radius 3 is 2.92 bits per heavy atom. The molecule has 2 heteroatoms. The first-order valence-corrected chi connectivity index (χ1v) is 3.95. The van der Waals surface area contributed by atoms with E-state index in [-0.39, 0.29) is 0 Å². The predicted octanol–water partition coefficient (Wildman–Crippen LogP) is 3.40. The van der Waals surface area contributed by atoms with Crippen LogP contribution in [0.4, 0.5) is 0 Å². The number of halogens is 1. The quantitative estimate of drug-likeness (QED) is 0.651. The van der Waals surface area contributed by atoms with E-state index in [1.165, 1.54) is 0 Å². The molecule has 0 N–H and O–H groups in total. The van der Waals surface area contributed by atoms with Crippen LogP contribution in [0.3, 0.4) is 0 Å². The lowest BCUT2D eigenvalue weighted by Crippen LogP contribution is -1.72. The van der Waals surface area contributed by atoms with Gasteiger partial charge in [0.2, 0.25) is 0 Å². The second kappa shape index (κ2) is 3.03. The van der Waals surface area contributed by atoms with E-state index in [9.17, 15) is 0 Å². The Balaban J connectivity index is 2.48. The fourth-order valence-electron chi connectivity index (χ4n) is 1.03. The minimum Gasteiger partial charge on any atom is -0.464 e. The highest BCUT2D eigenvalue weighted by molar-refractivity contribution is 6.30. The van der Waals surface area contributed by atoms with Crippen molar-refractivity contribution in [1.82, 2.24) is 0 Å². The maximum atomic E-state index is 5.81. The van der Waals surface area contributed by atoms with Crippen LogP contribution < -0.4 is 0 Å². The summed E-state index contributed by atoms with van der Waals surface area (Å²) in [5.74, 6) is 0.720. The minimum absolute atomic E-state index is 0.706. The fourth-order valence-corrected chi connectivity index (χ4v) is 1.22. The summed E-state index contributed by atoms with van der Waals surface area (Å²) >= 11 is 5.81. The normalized spacial score (nSPS) is 10.1. The number of hydrogen-bond acceptors (Lipinski definition) is 1. The van der Waals surface area contributed by atoms with Crippen LogP contribution in [0.25, 0.3) is 11.3 Å². The molecule has 12 heavy (non-hydrogen) atoms. The van der Waals surface area contributed by atoms with E-state index in [4.69, 9.17) is 16.0 Å². The Labute approximate surface area is 75.6 Å². The molecule has 1 aromatic carbocycles. The average molecular weight is 178 g/mol. The summed E-state index contributed by atoms with van der Waals surface area (Å²) < 4.78 is 5.16. The summed E-state index contributed by atoms with van der Waals surface area (Å²) in [7, 11) is 0. The fraction of sp³-hybridized carbons (Fsp3) is 0. The lowest BCUT2D eigenvalue weighted by molar-refractivity contribution is 0.582. The topological polar surface area (TPSA) is 13.1 Å². The molecule has 59 valence electrons. The third-order valence-corrected chi connectivity index (χ3v) is 1.79. The summed E-state index contributed by atoms with van der Waals surface area (Å²) in [6.45, 7) is 0. The van der Waals surface area contributed by atoms with Gasteiger partial charge in [-0.25, -0.2) is 0 Å². The van der Waals surface area contributed by atoms with Gasteiger partial charge in [-0.2, -0.15) is 0 Å². The van der Waals surface area contributed by atoms with Crippen molar-refractivity contribution in [2.75, 3.05) is 0 Å². The zero-order valence-electron chi connectivity index (χ0n) is 6.25. The third-order valence-electron chi connectivity index (χ3n) is 1.56. The first-order valence-electron chi connectivity index (χ1n) is 3.57. The van der Waals surface area contributed by atoms with E-state index in [1.807, 2.05) is 24.3 Å². The Morgan fingerprint density at radius 2 is 2.25 bits per heavy atom. The van der Waals surface area contributed by atoms with Gasteiger partial charge in [0.15, 0.2) is 0 Å². The van der Waals surface area contributed by atoms with Crippen LogP contribution in [0.1, 0.15) is 0 Å². The van der Waals surface area contributed by atoms with Gasteiger partial charge in [-0.15, -0.1) is 0 Å². The molecule has 0 aliphatic heterocycles. The third kappa shape index (κ3) is 1.36. The molecule has 0 amide bonds. The molecule has 0 atom stereocenters. The van der Waals surface area contributed by atoms with Crippen molar-refractivity contribution in [1.29, 1.82) is 0 Å². The van der Waals surface area contributed by atoms with Crippen molar-refractivity contribution in [2.45, 2.75) is 0 Å². The molecule has 1 heterocycles. The number of benzene rings is 1. The van der Waals surface area contributed by atoms with Gasteiger partial charge < -0.3 is 4.42 Å². The van der Waals surface area contributed by atoms with Crippen LogP contribution in [0, 0.1) is 6.07 Å². The Morgan fingerprint density at radius 1 is 1.33 bits per heavy atom. The molecule has 2 rings (SSSR count). The van der Waals surface area contributed by atoms with Gasteiger partial charge in [0.1, 0.15) is 5.76 Å². The lowest BCUT2D eigenvalue weighted by atomic mass is 10.2. The van der Waals surface area contributed by atoms with Gasteiger partial charge in [0, 0.05) is 16.7 Å². The Bertz CT molecular complexity index is 365. The molecule has 0 bridgehead atoms. The largest absolute Gasteiger partial charge is 0.464 e. The van der Waals surface area contributed by atoms with Gasteiger partial charge in [0.05, 0.1) is 6.26 Å². The van der Waals surface area contributed by atoms with E-state index in [2.05, 4.69) is 6.07 Å². The monoisotopic (exact) mass is 177 g/mol. The minimum atomic E-state index is 0.706. The van der Waals surface area contributed by atoms with Crippen molar-refractivity contribution >= 4 is 11.6 Å². The summed E-state index contributed by atoms with van der Waals surface area (Å²) in [5, 5.41) is 0.706. The van der Waals surface area contributed by atoms with Crippen molar-refractivity contribution in [3.8, 4) is 11.3 Å². The standard InChI is InChI=1S/C10H6ClO/c11-9-4-1-3-8(7-9)10-5-2-6-12-10/h1-4,6-7H. The predicted molar refractivity (Wildman–Crippen MR) is 48.0 cm³/mol. The van der Waals surface area contributed by atoms with Crippen molar-refractivity contribution in [2.24, 2.45) is 0 Å². The van der Waals surface area contributed by atoms with Crippen molar-refractivity contribution in [3.63, 3.8) is 0 Å². The highest BCUT2D eigenvalue weighted by atomic mass is 35.5. The molecule has 2 aromatic rings. The van der Waals surface area contributed by atoms with E-state index in [1.54, 1.807) is 12.3 Å². The van der Waals surface area contributed by atoms with Crippen LogP contribution in [0.15, 0.2) is 41.0 Å². The number of hydrogen-bond donors (Lipinski definition) is 0. The van der Waals surface area contributed by atoms with E-state index in [0.29, 0.717) is 5.02 Å². The summed E-state index contributed by atoms with van der Waals surface area (Å²) in [4.78, 5) is 0. The zero-order valence-corrected chi connectivity index (χ0v) is 7.01. The van der Waals surface area contributed by atoms with Crippen LogP contribution in [-0.2, 0) is 0 Å². The summed E-state index contributed by atoms with van der Waals surface area (Å²) in [6.07, 6.45) is 1.59. The van der Waals surface area contributed by atoms with Gasteiger partial charge in [-0.05, 0) is 18.2 Å². The van der Waals surface area contributed by atoms with E-state index < -0.39 is 0 Å². The molecule has 0 saturated heterocycles. The van der Waals surface area contributed by atoms with Crippen LogP contribution in [0.5, 0.6) is 0 Å². The second-order valence-corrected chi connectivity index (χ2v) is 2.84. The van der Waals surface area contributed by atoms with E-state index in [0.717, 1.165) is 11.3 Å². The smallest absolute Gasteiger partial charge is 0.141 e. The summed E-state index contributed by atoms with van der Waals surface area (Å²) in [6, 6.07) is 12.2. The zero-order chi connectivity index (χ0) is 8.39. The molecule has 0 fully saturated rings. The molecule has 0 saturated carbocycles. The first kappa shape index (κ1) is 7.44. The van der Waals surface area contributed by atoms with Crippen LogP contribution in [0.2, 0.25) is 5.02 Å². The second-order valence-electron chi connectivity index (χ2n) is 2.40. The first-order chi connectivity index (χ1) is 5.86. The molecule has 0 spiro atoms. The number of rotatable bonds is 1. The van der Waals surface area contributed by atoms with Crippen LogP contribution in [-0.4, -0.2) is 0 Å². The Hall–Kier alpha value is -1.21. The van der Waals surface area contributed by atoms with Gasteiger partial charge in [0.25, 0.3) is 0 Å². The molecular weight excluding hydrogens is 172 g/mol. The number of furan rings is 1. The molecule has 1 nitrogen and oxygen atoms in total.